The Kier molecular flexibility index (Phi) is 8.10. The Labute approximate surface area is 90.7 Å². The summed E-state index contributed by atoms with van der Waals surface area (Å²) in [4.78, 5) is 2.32. The van der Waals surface area contributed by atoms with Crippen molar-refractivity contribution in [2.24, 2.45) is 0 Å². The lowest BCUT2D eigenvalue weighted by molar-refractivity contribution is -0.0322. The molecular formula is C8H17Cl2NO2. The van der Waals surface area contributed by atoms with Crippen LogP contribution in [0.25, 0.3) is 0 Å². The van der Waals surface area contributed by atoms with Crippen LogP contribution in [0, 0.1) is 0 Å². The molecule has 0 radical (unpaired) electrons. The Morgan fingerprint density at radius 1 is 1.62 bits per heavy atom. The molecule has 0 aromatic rings. The summed E-state index contributed by atoms with van der Waals surface area (Å²) in [5.41, 5.74) is 0. The van der Waals surface area contributed by atoms with Crippen molar-refractivity contribution in [1.82, 2.24) is 4.90 Å². The van der Waals surface area contributed by atoms with Crippen LogP contribution in [0.5, 0.6) is 0 Å². The molecule has 13 heavy (non-hydrogen) atoms. The molecule has 0 aromatic heterocycles. The van der Waals surface area contributed by atoms with E-state index in [0.29, 0.717) is 11.9 Å². The van der Waals surface area contributed by atoms with Crippen molar-refractivity contribution < 1.29 is 9.47 Å². The molecule has 0 spiro atoms. The van der Waals surface area contributed by atoms with Crippen molar-refractivity contribution in [1.29, 1.82) is 0 Å². The third-order valence-corrected chi connectivity index (χ3v) is 2.25. The molecule has 0 saturated carbocycles. The van der Waals surface area contributed by atoms with Crippen molar-refractivity contribution in [2.45, 2.75) is 6.04 Å². The third-order valence-electron chi connectivity index (χ3n) is 2.08. The van der Waals surface area contributed by atoms with Gasteiger partial charge in [-0.2, -0.15) is 0 Å². The molecule has 1 aliphatic heterocycles. The number of halogens is 2. The summed E-state index contributed by atoms with van der Waals surface area (Å²) in [6.45, 7) is 4.22. The highest BCUT2D eigenvalue weighted by Crippen LogP contribution is 2.06. The van der Waals surface area contributed by atoms with Crippen LogP contribution in [0.2, 0.25) is 0 Å². The predicted octanol–water partition coefficient (Wildman–Crippen LogP) is 0.994. The van der Waals surface area contributed by atoms with Crippen LogP contribution in [0.3, 0.4) is 0 Å². The largest absolute Gasteiger partial charge is 0.383 e. The van der Waals surface area contributed by atoms with Crippen LogP contribution >= 0.6 is 24.0 Å². The van der Waals surface area contributed by atoms with Gasteiger partial charge in [0, 0.05) is 26.1 Å². The van der Waals surface area contributed by atoms with Crippen LogP contribution < -0.4 is 0 Å². The van der Waals surface area contributed by atoms with Crippen molar-refractivity contribution in [3.63, 3.8) is 0 Å². The fourth-order valence-corrected chi connectivity index (χ4v) is 1.66. The second-order valence-electron chi connectivity index (χ2n) is 2.91. The topological polar surface area (TPSA) is 21.7 Å². The molecule has 5 heteroatoms. The van der Waals surface area contributed by atoms with E-state index in [-0.39, 0.29) is 12.4 Å². The van der Waals surface area contributed by atoms with Crippen LogP contribution in [0.1, 0.15) is 0 Å². The van der Waals surface area contributed by atoms with Gasteiger partial charge in [-0.3, -0.25) is 4.90 Å². The molecule has 1 fully saturated rings. The minimum Gasteiger partial charge on any atom is -0.383 e. The maximum Gasteiger partial charge on any atom is 0.0644 e. The number of hydrogen-bond donors (Lipinski definition) is 0. The standard InChI is InChI=1S/C8H16ClNO2.ClH/c1-11-6-8-7-12-5-4-10(8)3-2-9;/h8H,2-7H2,1H3;1H. The molecule has 1 saturated heterocycles. The lowest BCUT2D eigenvalue weighted by atomic mass is 10.2. The van der Waals surface area contributed by atoms with Gasteiger partial charge in [-0.05, 0) is 0 Å². The monoisotopic (exact) mass is 229 g/mol. The maximum absolute atomic E-state index is 5.68. The summed E-state index contributed by atoms with van der Waals surface area (Å²) < 4.78 is 10.4. The lowest BCUT2D eigenvalue weighted by Crippen LogP contribution is -2.48. The summed E-state index contributed by atoms with van der Waals surface area (Å²) in [7, 11) is 1.72. The zero-order chi connectivity index (χ0) is 8.81. The molecule has 0 bridgehead atoms. The highest BCUT2D eigenvalue weighted by atomic mass is 35.5. The smallest absolute Gasteiger partial charge is 0.0644 e. The zero-order valence-electron chi connectivity index (χ0n) is 7.87. The zero-order valence-corrected chi connectivity index (χ0v) is 9.44. The fraction of sp³-hybridized carbons (Fsp3) is 1.00. The van der Waals surface area contributed by atoms with E-state index in [4.69, 9.17) is 21.1 Å². The summed E-state index contributed by atoms with van der Waals surface area (Å²) in [5, 5.41) is 0. The molecule has 0 amide bonds. The van der Waals surface area contributed by atoms with Gasteiger partial charge in [0.05, 0.1) is 25.9 Å². The number of hydrogen-bond acceptors (Lipinski definition) is 3. The van der Waals surface area contributed by atoms with Gasteiger partial charge >= 0.3 is 0 Å². The molecule has 0 aliphatic carbocycles. The summed E-state index contributed by atoms with van der Waals surface area (Å²) in [5.74, 6) is 0.681. The Balaban J connectivity index is 0.00000144. The van der Waals surface area contributed by atoms with E-state index in [0.717, 1.165) is 32.9 Å². The quantitative estimate of drug-likeness (QED) is 0.672. The molecule has 1 unspecified atom stereocenters. The first-order valence-corrected chi connectivity index (χ1v) is 4.78. The molecule has 3 nitrogen and oxygen atoms in total. The van der Waals surface area contributed by atoms with Crippen LogP contribution in [-0.2, 0) is 9.47 Å². The van der Waals surface area contributed by atoms with Gasteiger partial charge in [-0.1, -0.05) is 0 Å². The van der Waals surface area contributed by atoms with E-state index >= 15 is 0 Å². The number of methoxy groups -OCH3 is 1. The van der Waals surface area contributed by atoms with Gasteiger partial charge in [-0.15, -0.1) is 24.0 Å². The first-order valence-electron chi connectivity index (χ1n) is 4.25. The fourth-order valence-electron chi connectivity index (χ4n) is 1.44. The van der Waals surface area contributed by atoms with Crippen LogP contribution in [0.15, 0.2) is 0 Å². The van der Waals surface area contributed by atoms with E-state index in [1.165, 1.54) is 0 Å². The Hall–Kier alpha value is 0.460. The van der Waals surface area contributed by atoms with Gasteiger partial charge in [0.25, 0.3) is 0 Å². The van der Waals surface area contributed by atoms with E-state index in [2.05, 4.69) is 4.90 Å². The summed E-state index contributed by atoms with van der Waals surface area (Å²) >= 11 is 5.68. The van der Waals surface area contributed by atoms with E-state index in [1.54, 1.807) is 7.11 Å². The number of nitrogens with zero attached hydrogens (tertiary/aromatic N) is 1. The molecule has 1 atom stereocenters. The molecule has 80 valence electrons. The van der Waals surface area contributed by atoms with E-state index < -0.39 is 0 Å². The van der Waals surface area contributed by atoms with Gasteiger partial charge in [-0.25, -0.2) is 0 Å². The highest BCUT2D eigenvalue weighted by molar-refractivity contribution is 6.18. The Morgan fingerprint density at radius 2 is 2.38 bits per heavy atom. The second kappa shape index (κ2) is 7.83. The van der Waals surface area contributed by atoms with Gasteiger partial charge in [0.2, 0.25) is 0 Å². The normalized spacial score (nSPS) is 24.0. The average Bonchev–Trinajstić information content (AvgIpc) is 2.09. The van der Waals surface area contributed by atoms with E-state index in [9.17, 15) is 0 Å². The number of ether oxygens (including phenoxy) is 2. The van der Waals surface area contributed by atoms with Crippen molar-refractivity contribution in [3.05, 3.63) is 0 Å². The molecule has 1 aliphatic rings. The van der Waals surface area contributed by atoms with E-state index in [1.807, 2.05) is 0 Å². The number of rotatable bonds is 4. The SMILES string of the molecule is COCC1COCCN1CCCl.Cl. The van der Waals surface area contributed by atoms with Gasteiger partial charge < -0.3 is 9.47 Å². The minimum absolute atomic E-state index is 0. The van der Waals surface area contributed by atoms with Gasteiger partial charge in [0.1, 0.15) is 0 Å². The lowest BCUT2D eigenvalue weighted by Gasteiger charge is -2.34. The molecule has 1 rings (SSSR count). The molecular weight excluding hydrogens is 213 g/mol. The maximum atomic E-state index is 5.68. The number of alkyl halides is 1. The van der Waals surface area contributed by atoms with Crippen molar-refractivity contribution >= 4 is 24.0 Å². The average molecular weight is 230 g/mol. The molecule has 0 N–H and O–H groups in total. The molecule has 1 heterocycles. The Bertz CT molecular complexity index is 109. The first-order chi connectivity index (χ1) is 5.88. The summed E-state index contributed by atoms with van der Waals surface area (Å²) in [6, 6.07) is 0.391. The van der Waals surface area contributed by atoms with Crippen molar-refractivity contribution in [2.75, 3.05) is 45.9 Å². The van der Waals surface area contributed by atoms with Crippen LogP contribution in [0.4, 0.5) is 0 Å². The van der Waals surface area contributed by atoms with Crippen LogP contribution in [-0.4, -0.2) is 56.8 Å². The first kappa shape index (κ1) is 13.5. The molecule has 0 aromatic carbocycles. The Morgan fingerprint density at radius 3 is 3.00 bits per heavy atom. The number of morpholine rings is 1. The van der Waals surface area contributed by atoms with Gasteiger partial charge in [0.15, 0.2) is 0 Å². The second-order valence-corrected chi connectivity index (χ2v) is 3.29. The minimum atomic E-state index is 0. The van der Waals surface area contributed by atoms with Crippen molar-refractivity contribution in [3.8, 4) is 0 Å². The predicted molar refractivity (Wildman–Crippen MR) is 56.0 cm³/mol. The summed E-state index contributed by atoms with van der Waals surface area (Å²) in [6.07, 6.45) is 0. The third kappa shape index (κ3) is 4.47. The highest BCUT2D eigenvalue weighted by Gasteiger charge is 2.21.